The molecule has 1 saturated heterocycles. The Hall–Kier alpha value is -1.43. The van der Waals surface area contributed by atoms with E-state index in [9.17, 15) is 13.2 Å². The zero-order valence-corrected chi connectivity index (χ0v) is 12.0. The molecular formula is C13H18N2O3S. The standard InChI is InChI=1S/C13H18N2O3S/c1-3-15(11-6-8-19(17,18)9-11)13(16)12-5-4-7-14-10(12)2/h4-5,7,11H,3,6,8-9H2,1-2H3. The van der Waals surface area contributed by atoms with Gasteiger partial charge < -0.3 is 4.90 Å². The van der Waals surface area contributed by atoms with Crippen molar-refractivity contribution in [2.24, 2.45) is 0 Å². The van der Waals surface area contributed by atoms with E-state index < -0.39 is 9.84 Å². The van der Waals surface area contributed by atoms with Crippen LogP contribution in [0, 0.1) is 6.92 Å². The number of pyridine rings is 1. The van der Waals surface area contributed by atoms with Crippen LogP contribution in [0.25, 0.3) is 0 Å². The van der Waals surface area contributed by atoms with E-state index in [2.05, 4.69) is 4.98 Å². The summed E-state index contributed by atoms with van der Waals surface area (Å²) in [5.41, 5.74) is 1.22. The van der Waals surface area contributed by atoms with E-state index in [0.717, 1.165) is 0 Å². The van der Waals surface area contributed by atoms with E-state index in [-0.39, 0.29) is 23.5 Å². The van der Waals surface area contributed by atoms with E-state index in [4.69, 9.17) is 0 Å². The lowest BCUT2D eigenvalue weighted by molar-refractivity contribution is 0.0707. The highest BCUT2D eigenvalue weighted by Crippen LogP contribution is 2.20. The second-order valence-electron chi connectivity index (χ2n) is 4.78. The summed E-state index contributed by atoms with van der Waals surface area (Å²) in [6, 6.07) is 3.25. The van der Waals surface area contributed by atoms with E-state index in [1.165, 1.54) is 0 Å². The third-order valence-electron chi connectivity index (χ3n) is 3.49. The Bertz CT molecular complexity index is 583. The summed E-state index contributed by atoms with van der Waals surface area (Å²) < 4.78 is 23.1. The Morgan fingerprint density at radius 3 is 2.79 bits per heavy atom. The molecule has 19 heavy (non-hydrogen) atoms. The van der Waals surface area contributed by atoms with E-state index in [0.29, 0.717) is 24.2 Å². The Labute approximate surface area is 113 Å². The summed E-state index contributed by atoms with van der Waals surface area (Å²) >= 11 is 0. The van der Waals surface area contributed by atoms with Crippen LogP contribution in [0.15, 0.2) is 18.3 Å². The van der Waals surface area contributed by atoms with Gasteiger partial charge in [0.1, 0.15) is 0 Å². The molecule has 0 radical (unpaired) electrons. The van der Waals surface area contributed by atoms with Gasteiger partial charge in [0, 0.05) is 24.5 Å². The van der Waals surface area contributed by atoms with Gasteiger partial charge in [-0.3, -0.25) is 9.78 Å². The SMILES string of the molecule is CCN(C(=O)c1cccnc1C)C1CCS(=O)(=O)C1. The molecule has 6 heteroatoms. The predicted octanol–water partition coefficient (Wildman–Crippen LogP) is 1.04. The fourth-order valence-electron chi connectivity index (χ4n) is 2.45. The monoisotopic (exact) mass is 282 g/mol. The van der Waals surface area contributed by atoms with Crippen molar-refractivity contribution in [3.05, 3.63) is 29.6 Å². The Morgan fingerprint density at radius 2 is 2.26 bits per heavy atom. The number of hydrogen-bond acceptors (Lipinski definition) is 4. The number of nitrogens with zero attached hydrogens (tertiary/aromatic N) is 2. The minimum atomic E-state index is -2.99. The van der Waals surface area contributed by atoms with Crippen molar-refractivity contribution in [1.29, 1.82) is 0 Å². The van der Waals surface area contributed by atoms with Gasteiger partial charge in [-0.05, 0) is 32.4 Å². The largest absolute Gasteiger partial charge is 0.335 e. The van der Waals surface area contributed by atoms with Crippen LogP contribution in [0.4, 0.5) is 0 Å². The first kappa shape index (κ1) is 14.0. The Morgan fingerprint density at radius 1 is 1.53 bits per heavy atom. The number of aryl methyl sites for hydroxylation is 1. The molecule has 1 fully saturated rings. The van der Waals surface area contributed by atoms with Crippen LogP contribution in [0.5, 0.6) is 0 Å². The average Bonchev–Trinajstić information content (AvgIpc) is 2.71. The van der Waals surface area contributed by atoms with Crippen LogP contribution in [0.3, 0.4) is 0 Å². The van der Waals surface area contributed by atoms with Crippen LogP contribution in [0.2, 0.25) is 0 Å². The summed E-state index contributed by atoms with van der Waals surface area (Å²) in [4.78, 5) is 18.2. The van der Waals surface area contributed by atoms with Gasteiger partial charge >= 0.3 is 0 Å². The highest BCUT2D eigenvalue weighted by Gasteiger charge is 2.34. The summed E-state index contributed by atoms with van der Waals surface area (Å²) in [7, 11) is -2.99. The van der Waals surface area contributed by atoms with Crippen molar-refractivity contribution in [3.8, 4) is 0 Å². The lowest BCUT2D eigenvalue weighted by atomic mass is 10.1. The molecule has 0 saturated carbocycles. The van der Waals surface area contributed by atoms with Crippen LogP contribution < -0.4 is 0 Å². The molecule has 1 aromatic rings. The molecule has 1 unspecified atom stereocenters. The Kier molecular flexibility index (Phi) is 3.89. The molecule has 2 rings (SSSR count). The molecule has 1 aliphatic rings. The smallest absolute Gasteiger partial charge is 0.255 e. The number of amides is 1. The molecule has 0 bridgehead atoms. The second-order valence-corrected chi connectivity index (χ2v) is 7.01. The molecule has 2 heterocycles. The van der Waals surface area contributed by atoms with Gasteiger partial charge in [-0.2, -0.15) is 0 Å². The molecule has 1 atom stereocenters. The minimum Gasteiger partial charge on any atom is -0.335 e. The zero-order valence-electron chi connectivity index (χ0n) is 11.2. The lowest BCUT2D eigenvalue weighted by Crippen LogP contribution is -2.41. The molecule has 0 aliphatic carbocycles. The molecule has 0 aromatic carbocycles. The second kappa shape index (κ2) is 5.28. The summed E-state index contributed by atoms with van der Waals surface area (Å²) in [5, 5.41) is 0. The van der Waals surface area contributed by atoms with E-state index in [1.54, 1.807) is 30.2 Å². The molecular weight excluding hydrogens is 264 g/mol. The van der Waals surface area contributed by atoms with E-state index in [1.807, 2.05) is 6.92 Å². The maximum atomic E-state index is 12.5. The first-order valence-electron chi connectivity index (χ1n) is 6.37. The molecule has 104 valence electrons. The number of aromatic nitrogens is 1. The van der Waals surface area contributed by atoms with Gasteiger partial charge in [-0.15, -0.1) is 0 Å². The molecule has 0 spiro atoms. The summed E-state index contributed by atoms with van der Waals surface area (Å²) in [6.45, 7) is 4.16. The van der Waals surface area contributed by atoms with Crippen molar-refractivity contribution in [1.82, 2.24) is 9.88 Å². The lowest BCUT2D eigenvalue weighted by Gasteiger charge is -2.27. The van der Waals surface area contributed by atoms with Crippen molar-refractivity contribution in [3.63, 3.8) is 0 Å². The first-order chi connectivity index (χ1) is 8.94. The topological polar surface area (TPSA) is 67.3 Å². The molecule has 1 aromatic heterocycles. The van der Waals surface area contributed by atoms with Crippen LogP contribution in [0.1, 0.15) is 29.4 Å². The number of sulfone groups is 1. The van der Waals surface area contributed by atoms with Crippen LogP contribution in [-0.2, 0) is 9.84 Å². The fraction of sp³-hybridized carbons (Fsp3) is 0.538. The third-order valence-corrected chi connectivity index (χ3v) is 5.24. The van der Waals surface area contributed by atoms with E-state index >= 15 is 0 Å². The van der Waals surface area contributed by atoms with Gasteiger partial charge in [0.15, 0.2) is 9.84 Å². The number of carbonyl (C=O) groups is 1. The Balaban J connectivity index is 2.24. The molecule has 1 amide bonds. The quantitative estimate of drug-likeness (QED) is 0.830. The van der Waals surface area contributed by atoms with Gasteiger partial charge in [0.2, 0.25) is 0 Å². The predicted molar refractivity (Wildman–Crippen MR) is 72.7 cm³/mol. The van der Waals surface area contributed by atoms with Crippen LogP contribution in [-0.4, -0.2) is 48.3 Å². The maximum Gasteiger partial charge on any atom is 0.255 e. The normalized spacial score (nSPS) is 21.3. The fourth-order valence-corrected chi connectivity index (χ4v) is 4.18. The summed E-state index contributed by atoms with van der Waals surface area (Å²) in [5.74, 6) is 0.120. The number of hydrogen-bond donors (Lipinski definition) is 0. The van der Waals surface area contributed by atoms with Crippen molar-refractivity contribution < 1.29 is 13.2 Å². The van der Waals surface area contributed by atoms with Gasteiger partial charge in [-0.1, -0.05) is 0 Å². The highest BCUT2D eigenvalue weighted by molar-refractivity contribution is 7.91. The molecule has 0 N–H and O–H groups in total. The number of carbonyl (C=O) groups excluding carboxylic acids is 1. The first-order valence-corrected chi connectivity index (χ1v) is 8.19. The van der Waals surface area contributed by atoms with Gasteiger partial charge in [-0.25, -0.2) is 8.42 Å². The third kappa shape index (κ3) is 2.94. The summed E-state index contributed by atoms with van der Waals surface area (Å²) in [6.07, 6.45) is 2.17. The average molecular weight is 282 g/mol. The minimum absolute atomic E-state index is 0.0753. The van der Waals surface area contributed by atoms with Gasteiger partial charge in [0.05, 0.1) is 17.1 Å². The van der Waals surface area contributed by atoms with Gasteiger partial charge in [0.25, 0.3) is 5.91 Å². The zero-order chi connectivity index (χ0) is 14.0. The van der Waals surface area contributed by atoms with Crippen LogP contribution >= 0.6 is 0 Å². The van der Waals surface area contributed by atoms with Crippen molar-refractivity contribution in [2.75, 3.05) is 18.1 Å². The maximum absolute atomic E-state index is 12.5. The molecule has 1 aliphatic heterocycles. The number of rotatable bonds is 3. The highest BCUT2D eigenvalue weighted by atomic mass is 32.2. The van der Waals surface area contributed by atoms with Crippen molar-refractivity contribution in [2.45, 2.75) is 26.3 Å². The molecule has 5 nitrogen and oxygen atoms in total. The van der Waals surface area contributed by atoms with Crippen molar-refractivity contribution >= 4 is 15.7 Å².